The van der Waals surface area contributed by atoms with Crippen molar-refractivity contribution < 1.29 is 9.90 Å². The van der Waals surface area contributed by atoms with Crippen LogP contribution in [0.1, 0.15) is 28.4 Å². The predicted octanol–water partition coefficient (Wildman–Crippen LogP) is 2.58. The highest BCUT2D eigenvalue weighted by molar-refractivity contribution is 9.10. The van der Waals surface area contributed by atoms with Crippen LogP contribution >= 0.6 is 15.9 Å². The number of carbonyl (C=O) groups is 1. The van der Waals surface area contributed by atoms with Gasteiger partial charge in [-0.25, -0.2) is 4.79 Å². The molecule has 0 aliphatic rings. The first-order valence-corrected chi connectivity index (χ1v) is 4.85. The van der Waals surface area contributed by atoms with Crippen molar-refractivity contribution in [3.05, 3.63) is 33.3 Å². The molecule has 0 aliphatic carbocycles. The normalized spacial score (nSPS) is 9.50. The first-order chi connectivity index (χ1) is 6.60. The summed E-state index contributed by atoms with van der Waals surface area (Å²) in [5, 5.41) is 17.6. The number of carboxylic acids is 1. The zero-order chi connectivity index (χ0) is 10.7. The Morgan fingerprint density at radius 2 is 2.29 bits per heavy atom. The summed E-state index contributed by atoms with van der Waals surface area (Å²) in [4.78, 5) is 10.9. The minimum atomic E-state index is -0.974. The van der Waals surface area contributed by atoms with Gasteiger partial charge in [-0.3, -0.25) is 0 Å². The van der Waals surface area contributed by atoms with Crippen molar-refractivity contribution >= 4 is 21.9 Å². The van der Waals surface area contributed by atoms with Crippen LogP contribution in [0.5, 0.6) is 0 Å². The average molecular weight is 254 g/mol. The highest BCUT2D eigenvalue weighted by Gasteiger charge is 2.14. The van der Waals surface area contributed by atoms with Gasteiger partial charge in [0.2, 0.25) is 0 Å². The van der Waals surface area contributed by atoms with E-state index in [0.717, 1.165) is 0 Å². The van der Waals surface area contributed by atoms with Crippen LogP contribution < -0.4 is 0 Å². The SMILES string of the molecule is CCc1cc(C#N)cc(Br)c1C(=O)O. The molecule has 0 saturated carbocycles. The second-order valence-corrected chi connectivity index (χ2v) is 3.62. The maximum absolute atomic E-state index is 10.9. The molecule has 1 N–H and O–H groups in total. The summed E-state index contributed by atoms with van der Waals surface area (Å²) in [7, 11) is 0. The van der Waals surface area contributed by atoms with E-state index in [-0.39, 0.29) is 5.56 Å². The molecule has 1 aromatic carbocycles. The van der Waals surface area contributed by atoms with Gasteiger partial charge < -0.3 is 5.11 Å². The summed E-state index contributed by atoms with van der Waals surface area (Å²) in [6.07, 6.45) is 0.593. The zero-order valence-electron chi connectivity index (χ0n) is 7.54. The van der Waals surface area contributed by atoms with Crippen molar-refractivity contribution in [2.75, 3.05) is 0 Å². The van der Waals surface area contributed by atoms with Crippen molar-refractivity contribution in [1.82, 2.24) is 0 Å². The standard InChI is InChI=1S/C10H8BrNO2/c1-2-7-3-6(5-12)4-8(11)9(7)10(13)14/h3-4H,2H2,1H3,(H,13,14). The molecule has 0 aromatic heterocycles. The van der Waals surface area contributed by atoms with Gasteiger partial charge in [-0.05, 0) is 40.0 Å². The van der Waals surface area contributed by atoms with Crippen LogP contribution in [0.2, 0.25) is 0 Å². The first-order valence-electron chi connectivity index (χ1n) is 4.06. The van der Waals surface area contributed by atoms with Crippen molar-refractivity contribution in [3.8, 4) is 6.07 Å². The molecule has 0 unspecified atom stereocenters. The maximum atomic E-state index is 10.9. The Bertz CT molecular complexity index is 421. The van der Waals surface area contributed by atoms with Crippen LogP contribution in [0.3, 0.4) is 0 Å². The Hall–Kier alpha value is -1.34. The molecule has 3 nitrogen and oxygen atoms in total. The lowest BCUT2D eigenvalue weighted by atomic mass is 10.0. The third-order valence-electron chi connectivity index (χ3n) is 1.90. The van der Waals surface area contributed by atoms with Crippen LogP contribution in [0, 0.1) is 11.3 Å². The van der Waals surface area contributed by atoms with E-state index in [0.29, 0.717) is 22.0 Å². The highest BCUT2D eigenvalue weighted by atomic mass is 79.9. The molecule has 72 valence electrons. The summed E-state index contributed by atoms with van der Waals surface area (Å²) in [6, 6.07) is 5.11. The lowest BCUT2D eigenvalue weighted by Gasteiger charge is -2.06. The second-order valence-electron chi connectivity index (χ2n) is 2.76. The molecule has 0 aliphatic heterocycles. The molecular formula is C10H8BrNO2. The monoisotopic (exact) mass is 253 g/mol. The molecule has 14 heavy (non-hydrogen) atoms. The fraction of sp³-hybridized carbons (Fsp3) is 0.200. The number of aromatic carboxylic acids is 1. The molecule has 0 heterocycles. The largest absolute Gasteiger partial charge is 0.478 e. The molecule has 4 heteroatoms. The van der Waals surface area contributed by atoms with Crippen LogP contribution in [-0.2, 0) is 6.42 Å². The van der Waals surface area contributed by atoms with Crippen molar-refractivity contribution in [2.45, 2.75) is 13.3 Å². The van der Waals surface area contributed by atoms with Crippen molar-refractivity contribution in [2.24, 2.45) is 0 Å². The number of rotatable bonds is 2. The van der Waals surface area contributed by atoms with E-state index in [2.05, 4.69) is 15.9 Å². The third kappa shape index (κ3) is 1.94. The van der Waals surface area contributed by atoms with Crippen LogP contribution in [0.15, 0.2) is 16.6 Å². The number of carboxylic acid groups (broad SMARTS) is 1. The number of nitrogens with zero attached hydrogens (tertiary/aromatic N) is 1. The van der Waals surface area contributed by atoms with Gasteiger partial charge in [-0.15, -0.1) is 0 Å². The van der Waals surface area contributed by atoms with Crippen molar-refractivity contribution in [1.29, 1.82) is 5.26 Å². The quantitative estimate of drug-likeness (QED) is 0.882. The van der Waals surface area contributed by atoms with E-state index in [1.54, 1.807) is 6.07 Å². The Morgan fingerprint density at radius 3 is 2.71 bits per heavy atom. The highest BCUT2D eigenvalue weighted by Crippen LogP contribution is 2.23. The second kappa shape index (κ2) is 4.25. The van der Waals surface area contributed by atoms with E-state index >= 15 is 0 Å². The lowest BCUT2D eigenvalue weighted by molar-refractivity contribution is 0.0694. The average Bonchev–Trinajstić information content (AvgIpc) is 2.15. The molecule has 0 spiro atoms. The van der Waals surface area contributed by atoms with Gasteiger partial charge in [0.15, 0.2) is 0 Å². The van der Waals surface area contributed by atoms with Gasteiger partial charge in [0.1, 0.15) is 0 Å². The topological polar surface area (TPSA) is 61.1 Å². The van der Waals surface area contributed by atoms with Crippen LogP contribution in [-0.4, -0.2) is 11.1 Å². The summed E-state index contributed by atoms with van der Waals surface area (Å²) in [5.41, 5.74) is 1.38. The Balaban J connectivity index is 3.44. The van der Waals surface area contributed by atoms with E-state index in [9.17, 15) is 4.79 Å². The lowest BCUT2D eigenvalue weighted by Crippen LogP contribution is -2.03. The van der Waals surface area contributed by atoms with Gasteiger partial charge in [0, 0.05) is 4.47 Å². The fourth-order valence-corrected chi connectivity index (χ4v) is 1.92. The number of aryl methyl sites for hydroxylation is 1. The Morgan fingerprint density at radius 1 is 1.64 bits per heavy atom. The predicted molar refractivity (Wildman–Crippen MR) is 55.2 cm³/mol. The fourth-order valence-electron chi connectivity index (χ4n) is 1.25. The molecule has 0 saturated heterocycles. The number of nitriles is 1. The number of halogens is 1. The summed E-state index contributed by atoms with van der Waals surface area (Å²) in [5.74, 6) is -0.974. The van der Waals surface area contributed by atoms with E-state index in [1.165, 1.54) is 6.07 Å². The van der Waals surface area contributed by atoms with E-state index in [1.807, 2.05) is 13.0 Å². The summed E-state index contributed by atoms with van der Waals surface area (Å²) in [6.45, 7) is 1.86. The molecule has 1 rings (SSSR count). The van der Waals surface area contributed by atoms with Crippen molar-refractivity contribution in [3.63, 3.8) is 0 Å². The van der Waals surface area contributed by atoms with Crippen LogP contribution in [0.25, 0.3) is 0 Å². The summed E-state index contributed by atoms with van der Waals surface area (Å²) >= 11 is 3.15. The van der Waals surface area contributed by atoms with Gasteiger partial charge >= 0.3 is 5.97 Å². The molecule has 0 bridgehead atoms. The number of benzene rings is 1. The smallest absolute Gasteiger partial charge is 0.337 e. The Labute approximate surface area is 90.1 Å². The first kappa shape index (κ1) is 10.7. The summed E-state index contributed by atoms with van der Waals surface area (Å²) < 4.78 is 0.459. The van der Waals surface area contributed by atoms with Crippen LogP contribution in [0.4, 0.5) is 0 Å². The van der Waals surface area contributed by atoms with Gasteiger partial charge in [0.25, 0.3) is 0 Å². The number of hydrogen-bond acceptors (Lipinski definition) is 2. The molecule has 0 fully saturated rings. The van der Waals surface area contributed by atoms with Gasteiger partial charge in [-0.1, -0.05) is 6.92 Å². The maximum Gasteiger partial charge on any atom is 0.337 e. The third-order valence-corrected chi connectivity index (χ3v) is 2.52. The van der Waals surface area contributed by atoms with E-state index < -0.39 is 5.97 Å². The molecule has 0 amide bonds. The van der Waals surface area contributed by atoms with Gasteiger partial charge in [0.05, 0.1) is 17.2 Å². The molecule has 0 radical (unpaired) electrons. The molecule has 1 aromatic rings. The Kier molecular flexibility index (Phi) is 3.26. The molecule has 0 atom stereocenters. The number of hydrogen-bond donors (Lipinski definition) is 1. The molecular weight excluding hydrogens is 246 g/mol. The van der Waals surface area contributed by atoms with E-state index in [4.69, 9.17) is 10.4 Å². The zero-order valence-corrected chi connectivity index (χ0v) is 9.13. The van der Waals surface area contributed by atoms with Gasteiger partial charge in [-0.2, -0.15) is 5.26 Å². The minimum Gasteiger partial charge on any atom is -0.478 e. The minimum absolute atomic E-state index is 0.242.